The molecule has 1 saturated heterocycles. The largest absolute Gasteiger partial charge is 0.490 e. The molecule has 210 valence electrons. The summed E-state index contributed by atoms with van der Waals surface area (Å²) >= 11 is 0. The van der Waals surface area contributed by atoms with Gasteiger partial charge in [-0.1, -0.05) is 20.8 Å². The van der Waals surface area contributed by atoms with E-state index >= 15 is 0 Å². The standard InChI is InChI=1S/C18H33N3O8.C2HF3O2/c1-5-8-20-17(27)28-15-14(21-9(4)22)13(19)12(10(23)6-2)18(29-15,16(25)26)11(24)7-3;3-2(4,5)1(6)7/h10-15,23-24H,5-8,19H2,1-4H3,(H,20,27)(H,21,22)(H,25,26);(H,6,7)/t10?,11?,12?,13-,14+,15-,18?;/m0./s1. The van der Waals surface area contributed by atoms with Crippen LogP contribution in [0.5, 0.6) is 0 Å². The monoisotopic (exact) mass is 533 g/mol. The van der Waals surface area contributed by atoms with Crippen LogP contribution < -0.4 is 16.4 Å². The zero-order valence-corrected chi connectivity index (χ0v) is 20.2. The predicted molar refractivity (Wildman–Crippen MR) is 115 cm³/mol. The summed E-state index contributed by atoms with van der Waals surface area (Å²) in [5.41, 5.74) is 3.94. The van der Waals surface area contributed by atoms with E-state index in [4.69, 9.17) is 25.1 Å². The number of carbonyl (C=O) groups is 4. The number of carboxylic acid groups (broad SMARTS) is 2. The highest BCUT2D eigenvalue weighted by Gasteiger charge is 2.64. The second-order valence-corrected chi connectivity index (χ2v) is 7.95. The molecule has 16 heteroatoms. The number of carboxylic acids is 2. The molecule has 36 heavy (non-hydrogen) atoms. The smallest absolute Gasteiger partial charge is 0.479 e. The lowest BCUT2D eigenvalue weighted by atomic mass is 9.69. The first-order chi connectivity index (χ1) is 16.5. The second-order valence-electron chi connectivity index (χ2n) is 7.95. The Bertz CT molecular complexity index is 770. The fourth-order valence-corrected chi connectivity index (χ4v) is 3.64. The molecule has 0 aromatic heterocycles. The maximum absolute atomic E-state index is 12.3. The molecule has 1 heterocycles. The zero-order valence-electron chi connectivity index (χ0n) is 20.2. The fraction of sp³-hybridized carbons (Fsp3) is 0.800. The van der Waals surface area contributed by atoms with Crippen molar-refractivity contribution in [1.29, 1.82) is 0 Å². The molecule has 0 aromatic rings. The summed E-state index contributed by atoms with van der Waals surface area (Å²) < 4.78 is 42.6. The average Bonchev–Trinajstić information content (AvgIpc) is 2.77. The average molecular weight is 533 g/mol. The van der Waals surface area contributed by atoms with Gasteiger partial charge >= 0.3 is 24.2 Å². The molecular formula is C20H34F3N3O10. The van der Waals surface area contributed by atoms with Crippen LogP contribution in [-0.2, 0) is 23.9 Å². The van der Waals surface area contributed by atoms with E-state index < -0.39 is 72.2 Å². The van der Waals surface area contributed by atoms with E-state index in [1.165, 1.54) is 6.92 Å². The molecule has 1 aliphatic heterocycles. The third-order valence-corrected chi connectivity index (χ3v) is 5.33. The van der Waals surface area contributed by atoms with Gasteiger partial charge in [-0.3, -0.25) is 4.79 Å². The third-order valence-electron chi connectivity index (χ3n) is 5.33. The van der Waals surface area contributed by atoms with E-state index in [0.717, 1.165) is 0 Å². The molecule has 0 radical (unpaired) electrons. The van der Waals surface area contributed by atoms with E-state index in [1.54, 1.807) is 13.8 Å². The van der Waals surface area contributed by atoms with Crippen LogP contribution in [0.4, 0.5) is 18.0 Å². The lowest BCUT2D eigenvalue weighted by Gasteiger charge is -2.52. The Morgan fingerprint density at radius 1 is 1.11 bits per heavy atom. The van der Waals surface area contributed by atoms with Crippen LogP contribution >= 0.6 is 0 Å². The van der Waals surface area contributed by atoms with Crippen molar-refractivity contribution in [3.8, 4) is 0 Å². The van der Waals surface area contributed by atoms with Crippen LogP contribution in [0.15, 0.2) is 0 Å². The number of hydrogen-bond donors (Lipinski definition) is 7. The number of alkyl carbamates (subject to hydrolysis) is 1. The first-order valence-corrected chi connectivity index (χ1v) is 11.1. The first kappa shape index (κ1) is 33.3. The van der Waals surface area contributed by atoms with Gasteiger partial charge in [0.1, 0.15) is 6.04 Å². The van der Waals surface area contributed by atoms with Gasteiger partial charge in [-0.05, 0) is 19.3 Å². The van der Waals surface area contributed by atoms with Crippen molar-refractivity contribution >= 4 is 23.9 Å². The number of amides is 2. The van der Waals surface area contributed by atoms with Gasteiger partial charge in [0.05, 0.1) is 12.2 Å². The highest BCUT2D eigenvalue weighted by molar-refractivity contribution is 5.80. The van der Waals surface area contributed by atoms with Crippen LogP contribution in [0.2, 0.25) is 0 Å². The molecule has 4 unspecified atom stereocenters. The van der Waals surface area contributed by atoms with Crippen LogP contribution in [0.3, 0.4) is 0 Å². The number of nitrogens with two attached hydrogens (primary N) is 1. The van der Waals surface area contributed by atoms with Crippen molar-refractivity contribution in [2.45, 2.75) is 89.3 Å². The highest BCUT2D eigenvalue weighted by Crippen LogP contribution is 2.41. The first-order valence-electron chi connectivity index (χ1n) is 11.1. The number of rotatable bonds is 9. The summed E-state index contributed by atoms with van der Waals surface area (Å²) in [6, 6.07) is -2.33. The van der Waals surface area contributed by atoms with E-state index in [2.05, 4.69) is 10.6 Å². The summed E-state index contributed by atoms with van der Waals surface area (Å²) in [7, 11) is 0. The second kappa shape index (κ2) is 14.2. The lowest BCUT2D eigenvalue weighted by Crippen LogP contribution is -2.76. The topological polar surface area (TPSA) is 218 Å². The number of aliphatic carboxylic acids is 2. The molecule has 1 aliphatic rings. The quantitative estimate of drug-likeness (QED) is 0.208. The molecule has 7 atom stereocenters. The number of ether oxygens (including phenoxy) is 2. The number of nitrogens with one attached hydrogen (secondary N) is 2. The Hall–Kier alpha value is -2.69. The number of halogens is 3. The van der Waals surface area contributed by atoms with Crippen molar-refractivity contribution in [2.75, 3.05) is 6.54 Å². The van der Waals surface area contributed by atoms with Gasteiger partial charge in [-0.25, -0.2) is 14.4 Å². The predicted octanol–water partition coefficient (Wildman–Crippen LogP) is -0.0744. The number of aliphatic hydroxyl groups is 2. The summed E-state index contributed by atoms with van der Waals surface area (Å²) in [6.07, 6.45) is -9.64. The van der Waals surface area contributed by atoms with Crippen LogP contribution in [0.1, 0.15) is 47.0 Å². The van der Waals surface area contributed by atoms with E-state index in [9.17, 15) is 42.9 Å². The van der Waals surface area contributed by atoms with Crippen molar-refractivity contribution in [3.63, 3.8) is 0 Å². The van der Waals surface area contributed by atoms with Crippen molar-refractivity contribution in [3.05, 3.63) is 0 Å². The Labute approximate surface area is 205 Å². The molecule has 0 bridgehead atoms. The van der Waals surface area contributed by atoms with Crippen molar-refractivity contribution in [2.24, 2.45) is 11.7 Å². The summed E-state index contributed by atoms with van der Waals surface area (Å²) in [5.74, 6) is -6.10. The summed E-state index contributed by atoms with van der Waals surface area (Å²) in [4.78, 5) is 44.9. The highest BCUT2D eigenvalue weighted by atomic mass is 19.4. The van der Waals surface area contributed by atoms with E-state index in [-0.39, 0.29) is 12.8 Å². The van der Waals surface area contributed by atoms with Gasteiger partial charge in [-0.2, -0.15) is 13.2 Å². The molecule has 0 aromatic carbocycles. The molecule has 1 fully saturated rings. The Balaban J connectivity index is 0.00000152. The Kier molecular flexibility index (Phi) is 13.1. The Morgan fingerprint density at radius 2 is 1.64 bits per heavy atom. The molecule has 8 N–H and O–H groups in total. The maximum Gasteiger partial charge on any atom is 0.490 e. The molecule has 0 saturated carbocycles. The van der Waals surface area contributed by atoms with Crippen molar-refractivity contribution < 1.29 is 62.2 Å². The number of alkyl halides is 3. The zero-order chi connectivity index (χ0) is 28.4. The molecule has 2 amide bonds. The van der Waals surface area contributed by atoms with Gasteiger partial charge in [0.25, 0.3) is 0 Å². The fourth-order valence-electron chi connectivity index (χ4n) is 3.64. The minimum atomic E-state index is -5.08. The molecule has 0 aliphatic carbocycles. The molecule has 13 nitrogen and oxygen atoms in total. The maximum atomic E-state index is 12.3. The summed E-state index contributed by atoms with van der Waals surface area (Å²) in [6.45, 7) is 6.52. The number of hydrogen-bond acceptors (Lipinski definition) is 9. The third kappa shape index (κ3) is 8.46. The SMILES string of the molecule is CCCNC(=O)O[C@H]1OC(C(=O)O)(C(O)CC)C(C(O)CC)[C@H](N)[C@H]1NC(C)=O.O=C(O)C(F)(F)F. The molecule has 0 spiro atoms. The van der Waals surface area contributed by atoms with Gasteiger partial charge in [-0.15, -0.1) is 0 Å². The Morgan fingerprint density at radius 3 is 2.00 bits per heavy atom. The summed E-state index contributed by atoms with van der Waals surface area (Å²) in [5, 5.41) is 43.2. The van der Waals surface area contributed by atoms with Crippen LogP contribution in [0.25, 0.3) is 0 Å². The normalized spacial score (nSPS) is 27.5. The van der Waals surface area contributed by atoms with Crippen molar-refractivity contribution in [1.82, 2.24) is 10.6 Å². The van der Waals surface area contributed by atoms with Gasteiger partial charge < -0.3 is 46.3 Å². The lowest BCUT2D eigenvalue weighted by molar-refractivity contribution is -0.288. The minimum Gasteiger partial charge on any atom is -0.479 e. The van der Waals surface area contributed by atoms with Crippen LogP contribution in [0, 0.1) is 5.92 Å². The van der Waals surface area contributed by atoms with Gasteiger partial charge in [0.2, 0.25) is 17.8 Å². The number of aliphatic hydroxyl groups excluding tert-OH is 2. The van der Waals surface area contributed by atoms with E-state index in [1.807, 2.05) is 6.92 Å². The van der Waals surface area contributed by atoms with Gasteiger partial charge in [0.15, 0.2) is 0 Å². The van der Waals surface area contributed by atoms with Crippen LogP contribution in [-0.4, -0.2) is 93.3 Å². The molecular weight excluding hydrogens is 499 g/mol. The minimum absolute atomic E-state index is 0.0223. The van der Waals surface area contributed by atoms with E-state index in [0.29, 0.717) is 13.0 Å². The molecule has 1 rings (SSSR count). The number of carbonyl (C=O) groups excluding carboxylic acids is 2. The van der Waals surface area contributed by atoms with Gasteiger partial charge in [0, 0.05) is 25.4 Å².